The van der Waals surface area contributed by atoms with Crippen LogP contribution in [-0.4, -0.2) is 37.8 Å². The van der Waals surface area contributed by atoms with E-state index in [0.29, 0.717) is 30.8 Å². The van der Waals surface area contributed by atoms with Gasteiger partial charge in [-0.2, -0.15) is 4.31 Å². The summed E-state index contributed by atoms with van der Waals surface area (Å²) in [6.45, 7) is 4.76. The lowest BCUT2D eigenvalue weighted by molar-refractivity contribution is -0.123. The number of amides is 1. The fourth-order valence-corrected chi connectivity index (χ4v) is 6.21. The van der Waals surface area contributed by atoms with Gasteiger partial charge < -0.3 is 4.90 Å². The molecule has 0 bridgehead atoms. The molecule has 0 unspecified atom stereocenters. The molecule has 4 rings (SSSR count). The molecule has 2 aromatic rings. The number of halogens is 1. The average Bonchev–Trinajstić information content (AvgIpc) is 3.02. The Kier molecular flexibility index (Phi) is 5.57. The number of rotatable bonds is 3. The lowest BCUT2D eigenvalue weighted by Gasteiger charge is -2.34. The van der Waals surface area contributed by atoms with Crippen LogP contribution >= 0.6 is 15.9 Å². The maximum absolute atomic E-state index is 13.3. The van der Waals surface area contributed by atoms with Gasteiger partial charge in [0, 0.05) is 35.2 Å². The van der Waals surface area contributed by atoms with E-state index in [4.69, 9.17) is 0 Å². The van der Waals surface area contributed by atoms with Gasteiger partial charge in [-0.25, -0.2) is 8.42 Å². The second kappa shape index (κ2) is 7.85. The summed E-state index contributed by atoms with van der Waals surface area (Å²) in [6, 6.07) is 13.1. The SMILES string of the molecule is Cc1ccc(S(=O)(=O)N2CCC(C(=O)N3c4ccc(Br)cc4C[C@@H]3C)CC2)cc1. The molecule has 29 heavy (non-hydrogen) atoms. The summed E-state index contributed by atoms with van der Waals surface area (Å²) in [6.07, 6.45) is 1.96. The summed E-state index contributed by atoms with van der Waals surface area (Å²) in [5.41, 5.74) is 3.19. The number of carbonyl (C=O) groups is 1. The fraction of sp³-hybridized carbons (Fsp3) is 0.409. The first-order chi connectivity index (χ1) is 13.8. The van der Waals surface area contributed by atoms with Crippen LogP contribution in [0.15, 0.2) is 51.8 Å². The van der Waals surface area contributed by atoms with Gasteiger partial charge in [0.1, 0.15) is 0 Å². The first-order valence-electron chi connectivity index (χ1n) is 9.95. The maximum atomic E-state index is 13.3. The van der Waals surface area contributed by atoms with Gasteiger partial charge in [0.2, 0.25) is 15.9 Å². The number of fused-ring (bicyclic) bond motifs is 1. The molecule has 2 aliphatic rings. The molecule has 0 aromatic heterocycles. The monoisotopic (exact) mass is 476 g/mol. The van der Waals surface area contributed by atoms with Crippen LogP contribution in [0.3, 0.4) is 0 Å². The van der Waals surface area contributed by atoms with E-state index >= 15 is 0 Å². The van der Waals surface area contributed by atoms with Gasteiger partial charge in [0.25, 0.3) is 0 Å². The highest BCUT2D eigenvalue weighted by Crippen LogP contribution is 2.36. The lowest BCUT2D eigenvalue weighted by Crippen LogP contribution is -2.46. The molecule has 0 radical (unpaired) electrons. The summed E-state index contributed by atoms with van der Waals surface area (Å²) < 4.78 is 28.3. The highest BCUT2D eigenvalue weighted by molar-refractivity contribution is 9.10. The van der Waals surface area contributed by atoms with Crippen molar-refractivity contribution >= 4 is 37.5 Å². The zero-order chi connectivity index (χ0) is 20.8. The van der Waals surface area contributed by atoms with Gasteiger partial charge in [-0.05, 0) is 69.0 Å². The van der Waals surface area contributed by atoms with Crippen molar-refractivity contribution in [2.24, 2.45) is 5.92 Å². The molecule has 1 amide bonds. The van der Waals surface area contributed by atoms with E-state index < -0.39 is 10.0 Å². The van der Waals surface area contributed by atoms with Gasteiger partial charge in [-0.3, -0.25) is 4.79 Å². The molecule has 1 atom stereocenters. The van der Waals surface area contributed by atoms with E-state index in [1.807, 2.05) is 36.1 Å². The maximum Gasteiger partial charge on any atom is 0.243 e. The number of sulfonamides is 1. The Bertz CT molecular complexity index is 1030. The number of hydrogen-bond donors (Lipinski definition) is 0. The van der Waals surface area contributed by atoms with Crippen LogP contribution in [-0.2, 0) is 21.2 Å². The van der Waals surface area contributed by atoms with Crippen molar-refractivity contribution in [3.63, 3.8) is 0 Å². The summed E-state index contributed by atoms with van der Waals surface area (Å²) in [5.74, 6) is -0.0255. The standard InChI is InChI=1S/C22H25BrN2O3S/c1-15-3-6-20(7-4-15)29(27,28)24-11-9-17(10-12-24)22(26)25-16(2)13-18-14-19(23)5-8-21(18)25/h3-8,14,16-17H,9-13H2,1-2H3/t16-/m0/s1. The van der Waals surface area contributed by atoms with Gasteiger partial charge in [-0.1, -0.05) is 33.6 Å². The second-order valence-electron chi connectivity index (χ2n) is 8.03. The van der Waals surface area contributed by atoms with Crippen molar-refractivity contribution in [1.29, 1.82) is 0 Å². The number of piperidine rings is 1. The van der Waals surface area contributed by atoms with E-state index in [9.17, 15) is 13.2 Å². The third kappa shape index (κ3) is 3.88. The van der Waals surface area contributed by atoms with Crippen LogP contribution in [0.25, 0.3) is 0 Å². The molecule has 5 nitrogen and oxygen atoms in total. The normalized spacial score (nSPS) is 20.7. The summed E-state index contributed by atoms with van der Waals surface area (Å²) >= 11 is 3.50. The quantitative estimate of drug-likeness (QED) is 0.668. The van der Waals surface area contributed by atoms with Crippen molar-refractivity contribution in [3.05, 3.63) is 58.1 Å². The first kappa shape index (κ1) is 20.6. The Morgan fingerprint density at radius 3 is 2.38 bits per heavy atom. The van der Waals surface area contributed by atoms with Crippen LogP contribution in [0.4, 0.5) is 5.69 Å². The van der Waals surface area contributed by atoms with Gasteiger partial charge in [0.05, 0.1) is 4.90 Å². The topological polar surface area (TPSA) is 57.7 Å². The minimum atomic E-state index is -3.51. The highest BCUT2D eigenvalue weighted by Gasteiger charge is 2.38. The Morgan fingerprint density at radius 2 is 1.72 bits per heavy atom. The summed E-state index contributed by atoms with van der Waals surface area (Å²) in [4.78, 5) is 15.5. The van der Waals surface area contributed by atoms with Gasteiger partial charge >= 0.3 is 0 Å². The van der Waals surface area contributed by atoms with Crippen LogP contribution in [0.5, 0.6) is 0 Å². The van der Waals surface area contributed by atoms with Crippen LogP contribution in [0, 0.1) is 12.8 Å². The number of aryl methyl sites for hydroxylation is 1. The van der Waals surface area contributed by atoms with E-state index in [1.54, 1.807) is 12.1 Å². The molecule has 2 aromatic carbocycles. The molecule has 7 heteroatoms. The van der Waals surface area contributed by atoms with Gasteiger partial charge in [-0.15, -0.1) is 0 Å². The molecule has 2 aliphatic heterocycles. The summed E-state index contributed by atoms with van der Waals surface area (Å²) in [7, 11) is -3.51. The molecule has 1 fully saturated rings. The Morgan fingerprint density at radius 1 is 1.07 bits per heavy atom. The molecule has 0 saturated carbocycles. The molecular formula is C22H25BrN2O3S. The van der Waals surface area contributed by atoms with Crippen molar-refractivity contribution in [3.8, 4) is 0 Å². The van der Waals surface area contributed by atoms with Crippen LogP contribution in [0.1, 0.15) is 30.9 Å². The Hall–Kier alpha value is -1.70. The minimum absolute atomic E-state index is 0.117. The van der Waals surface area contributed by atoms with Crippen molar-refractivity contribution in [2.45, 2.75) is 44.0 Å². The van der Waals surface area contributed by atoms with E-state index in [-0.39, 0.29) is 17.9 Å². The predicted octanol–water partition coefficient (Wildman–Crippen LogP) is 4.14. The number of carbonyl (C=O) groups excluding carboxylic acids is 1. The first-order valence-corrected chi connectivity index (χ1v) is 12.2. The van der Waals surface area contributed by atoms with Crippen LogP contribution < -0.4 is 4.90 Å². The van der Waals surface area contributed by atoms with E-state index in [1.165, 1.54) is 9.87 Å². The molecule has 2 heterocycles. The van der Waals surface area contributed by atoms with E-state index in [2.05, 4.69) is 28.9 Å². The number of benzene rings is 2. The zero-order valence-electron chi connectivity index (χ0n) is 16.6. The molecule has 0 aliphatic carbocycles. The fourth-order valence-electron chi connectivity index (χ4n) is 4.33. The number of nitrogens with zero attached hydrogens (tertiary/aromatic N) is 2. The van der Waals surface area contributed by atoms with Crippen molar-refractivity contribution in [2.75, 3.05) is 18.0 Å². The molecule has 0 N–H and O–H groups in total. The van der Waals surface area contributed by atoms with Crippen LogP contribution in [0.2, 0.25) is 0 Å². The van der Waals surface area contributed by atoms with Crippen molar-refractivity contribution in [1.82, 2.24) is 4.31 Å². The second-order valence-corrected chi connectivity index (χ2v) is 10.9. The molecule has 154 valence electrons. The smallest absolute Gasteiger partial charge is 0.243 e. The average molecular weight is 477 g/mol. The lowest BCUT2D eigenvalue weighted by atomic mass is 9.96. The third-order valence-corrected chi connectivity index (χ3v) is 8.36. The minimum Gasteiger partial charge on any atom is -0.309 e. The summed E-state index contributed by atoms with van der Waals surface area (Å²) in [5, 5.41) is 0. The molecule has 1 saturated heterocycles. The predicted molar refractivity (Wildman–Crippen MR) is 117 cm³/mol. The molecular weight excluding hydrogens is 452 g/mol. The molecule has 0 spiro atoms. The number of hydrogen-bond acceptors (Lipinski definition) is 3. The number of anilines is 1. The van der Waals surface area contributed by atoms with E-state index in [0.717, 1.165) is 22.1 Å². The third-order valence-electron chi connectivity index (χ3n) is 5.96. The largest absolute Gasteiger partial charge is 0.309 e. The Labute approximate surface area is 180 Å². The Balaban J connectivity index is 1.46. The van der Waals surface area contributed by atoms with Gasteiger partial charge in [0.15, 0.2) is 0 Å². The van der Waals surface area contributed by atoms with Crippen molar-refractivity contribution < 1.29 is 13.2 Å². The highest BCUT2D eigenvalue weighted by atomic mass is 79.9. The zero-order valence-corrected chi connectivity index (χ0v) is 19.0.